The van der Waals surface area contributed by atoms with Gasteiger partial charge in [0.15, 0.2) is 0 Å². The molecule has 3 aromatic rings. The summed E-state index contributed by atoms with van der Waals surface area (Å²) >= 11 is 1.34. The fourth-order valence-corrected chi connectivity index (χ4v) is 4.19. The van der Waals surface area contributed by atoms with E-state index in [1.54, 1.807) is 13.2 Å². The fraction of sp³-hybridized carbons (Fsp3) is 0.292. The second-order valence-corrected chi connectivity index (χ2v) is 8.92. The lowest BCUT2D eigenvalue weighted by Crippen LogP contribution is -2.30. The van der Waals surface area contributed by atoms with E-state index < -0.39 is 0 Å². The average Bonchev–Trinajstić information content (AvgIpc) is 3.60. The Hall–Kier alpha value is -3.06. The molecule has 2 aromatic carbocycles. The van der Waals surface area contributed by atoms with Crippen LogP contribution in [0.3, 0.4) is 0 Å². The molecule has 1 aliphatic rings. The second-order valence-electron chi connectivity index (χ2n) is 7.56. The van der Waals surface area contributed by atoms with E-state index in [0.717, 1.165) is 35.1 Å². The van der Waals surface area contributed by atoms with Crippen LogP contribution in [0.5, 0.6) is 5.75 Å². The van der Waals surface area contributed by atoms with Gasteiger partial charge in [-0.25, -0.2) is 4.98 Å². The third kappa shape index (κ3) is 5.17. The summed E-state index contributed by atoms with van der Waals surface area (Å²) in [5, 5.41) is 7.10. The number of hydrogen-bond acceptors (Lipinski definition) is 5. The summed E-state index contributed by atoms with van der Waals surface area (Å²) in [7, 11) is 1.61. The smallest absolute Gasteiger partial charge is 0.252 e. The highest BCUT2D eigenvalue weighted by molar-refractivity contribution is 8.00. The Bertz CT molecular complexity index is 1110. The van der Waals surface area contributed by atoms with Crippen LogP contribution >= 0.6 is 11.8 Å². The molecule has 2 amide bonds. The number of nitrogens with zero attached hydrogens (tertiary/aromatic N) is 1. The molecule has 7 heteroatoms. The molecule has 6 nitrogen and oxygen atoms in total. The summed E-state index contributed by atoms with van der Waals surface area (Å²) in [6.45, 7) is 2.22. The first kappa shape index (κ1) is 21.2. The maximum Gasteiger partial charge on any atom is 0.252 e. The summed E-state index contributed by atoms with van der Waals surface area (Å²) in [4.78, 5) is 30.1. The van der Waals surface area contributed by atoms with Gasteiger partial charge in [0.25, 0.3) is 5.91 Å². The summed E-state index contributed by atoms with van der Waals surface area (Å²) in [5.74, 6) is 0.552. The zero-order valence-electron chi connectivity index (χ0n) is 17.6. The number of amides is 2. The Morgan fingerprint density at radius 2 is 1.90 bits per heavy atom. The Morgan fingerprint density at radius 3 is 2.68 bits per heavy atom. The largest absolute Gasteiger partial charge is 0.496 e. The van der Waals surface area contributed by atoms with Crippen LogP contribution in [0.1, 0.15) is 35.7 Å². The standard InChI is InChI=1S/C24H25N3O3S/c1-15(23(28)25-14-16-7-3-6-10-21(16)30-2)31-22-13-19(24(29)26-17-11-12-17)18-8-4-5-9-20(18)27-22/h3-10,13,15,17H,11-12,14H2,1-2H3,(H,25,28)(H,26,29). The Balaban J connectivity index is 1.48. The van der Waals surface area contributed by atoms with Crippen molar-refractivity contribution in [1.82, 2.24) is 15.6 Å². The number of benzene rings is 2. The van der Waals surface area contributed by atoms with Crippen molar-refractivity contribution in [2.75, 3.05) is 7.11 Å². The van der Waals surface area contributed by atoms with Crippen LogP contribution in [-0.2, 0) is 11.3 Å². The molecule has 1 saturated carbocycles. The van der Waals surface area contributed by atoms with E-state index in [1.807, 2.05) is 55.5 Å². The quantitative estimate of drug-likeness (QED) is 0.524. The lowest BCUT2D eigenvalue weighted by molar-refractivity contribution is -0.120. The van der Waals surface area contributed by atoms with Gasteiger partial charge in [-0.15, -0.1) is 0 Å². The van der Waals surface area contributed by atoms with Crippen molar-refractivity contribution in [3.8, 4) is 5.75 Å². The summed E-state index contributed by atoms with van der Waals surface area (Å²) < 4.78 is 5.34. The maximum absolute atomic E-state index is 12.8. The molecule has 31 heavy (non-hydrogen) atoms. The van der Waals surface area contributed by atoms with Crippen molar-refractivity contribution in [3.05, 3.63) is 65.7 Å². The van der Waals surface area contributed by atoms with Crippen molar-refractivity contribution in [2.24, 2.45) is 0 Å². The van der Waals surface area contributed by atoms with Crippen LogP contribution in [0.25, 0.3) is 10.9 Å². The SMILES string of the molecule is COc1ccccc1CNC(=O)C(C)Sc1cc(C(=O)NC2CC2)c2ccccc2n1. The number of nitrogens with one attached hydrogen (secondary N) is 2. The predicted molar refractivity (Wildman–Crippen MR) is 122 cm³/mol. The van der Waals surface area contributed by atoms with E-state index in [1.165, 1.54) is 11.8 Å². The van der Waals surface area contributed by atoms with Gasteiger partial charge >= 0.3 is 0 Å². The number of aromatic nitrogens is 1. The first-order chi connectivity index (χ1) is 15.0. The molecule has 0 radical (unpaired) electrons. The van der Waals surface area contributed by atoms with Crippen LogP contribution in [0.4, 0.5) is 0 Å². The van der Waals surface area contributed by atoms with Gasteiger partial charge in [-0.05, 0) is 38.0 Å². The molecule has 4 rings (SSSR count). The minimum absolute atomic E-state index is 0.0868. The van der Waals surface area contributed by atoms with E-state index in [0.29, 0.717) is 17.1 Å². The lowest BCUT2D eigenvalue weighted by atomic mass is 10.1. The number of carbonyl (C=O) groups excluding carboxylic acids is 2. The molecular formula is C24H25N3O3S. The van der Waals surface area contributed by atoms with Gasteiger partial charge in [-0.1, -0.05) is 48.2 Å². The number of thioether (sulfide) groups is 1. The first-order valence-electron chi connectivity index (χ1n) is 10.3. The van der Waals surface area contributed by atoms with Crippen LogP contribution < -0.4 is 15.4 Å². The van der Waals surface area contributed by atoms with Crippen LogP contribution in [0.2, 0.25) is 0 Å². The number of hydrogen-bond donors (Lipinski definition) is 2. The van der Waals surface area contributed by atoms with Crippen molar-refractivity contribution in [1.29, 1.82) is 0 Å². The second kappa shape index (κ2) is 9.39. The highest BCUT2D eigenvalue weighted by atomic mass is 32.2. The number of carbonyl (C=O) groups is 2. The number of para-hydroxylation sites is 2. The Kier molecular flexibility index (Phi) is 6.42. The molecule has 1 atom stereocenters. The summed E-state index contributed by atoms with van der Waals surface area (Å²) in [6, 6.07) is 17.3. The van der Waals surface area contributed by atoms with E-state index in [4.69, 9.17) is 4.74 Å². The monoisotopic (exact) mass is 435 g/mol. The lowest BCUT2D eigenvalue weighted by Gasteiger charge is -2.14. The third-order valence-electron chi connectivity index (χ3n) is 5.16. The average molecular weight is 436 g/mol. The third-order valence-corrected chi connectivity index (χ3v) is 6.18. The zero-order chi connectivity index (χ0) is 21.8. The van der Waals surface area contributed by atoms with E-state index >= 15 is 0 Å². The Labute approximate surface area is 185 Å². The van der Waals surface area contributed by atoms with Gasteiger partial charge in [0.05, 0.1) is 28.5 Å². The minimum Gasteiger partial charge on any atom is -0.496 e. The summed E-state index contributed by atoms with van der Waals surface area (Å²) in [5.41, 5.74) is 2.26. The van der Waals surface area contributed by atoms with Gasteiger partial charge < -0.3 is 15.4 Å². The molecule has 0 spiro atoms. The van der Waals surface area contributed by atoms with Gasteiger partial charge in [-0.2, -0.15) is 0 Å². The van der Waals surface area contributed by atoms with Gasteiger partial charge in [0.1, 0.15) is 5.75 Å². The molecule has 0 saturated heterocycles. The highest BCUT2D eigenvalue weighted by Gasteiger charge is 2.25. The molecular weight excluding hydrogens is 410 g/mol. The molecule has 0 aliphatic heterocycles. The number of pyridine rings is 1. The van der Waals surface area contributed by atoms with Crippen molar-refractivity contribution >= 4 is 34.5 Å². The topological polar surface area (TPSA) is 80.3 Å². The number of rotatable bonds is 8. The maximum atomic E-state index is 12.8. The van der Waals surface area contributed by atoms with Gasteiger partial charge in [0, 0.05) is 23.5 Å². The van der Waals surface area contributed by atoms with Gasteiger partial charge in [0.2, 0.25) is 5.91 Å². The first-order valence-corrected chi connectivity index (χ1v) is 11.2. The van der Waals surface area contributed by atoms with Crippen LogP contribution in [0, 0.1) is 0 Å². The normalized spacial score (nSPS) is 14.1. The van der Waals surface area contributed by atoms with Crippen molar-refractivity contribution < 1.29 is 14.3 Å². The minimum atomic E-state index is -0.372. The molecule has 1 aromatic heterocycles. The van der Waals surface area contributed by atoms with E-state index in [2.05, 4.69) is 15.6 Å². The van der Waals surface area contributed by atoms with Crippen LogP contribution in [0.15, 0.2) is 59.6 Å². The molecule has 1 heterocycles. The summed E-state index contributed by atoms with van der Waals surface area (Å²) in [6.07, 6.45) is 2.06. The van der Waals surface area contributed by atoms with Gasteiger partial charge in [-0.3, -0.25) is 9.59 Å². The van der Waals surface area contributed by atoms with E-state index in [9.17, 15) is 9.59 Å². The van der Waals surface area contributed by atoms with Crippen molar-refractivity contribution in [3.63, 3.8) is 0 Å². The van der Waals surface area contributed by atoms with Crippen LogP contribution in [-0.4, -0.2) is 35.2 Å². The molecule has 2 N–H and O–H groups in total. The molecule has 1 fully saturated rings. The molecule has 0 bridgehead atoms. The zero-order valence-corrected chi connectivity index (χ0v) is 18.4. The molecule has 1 aliphatic carbocycles. The highest BCUT2D eigenvalue weighted by Crippen LogP contribution is 2.28. The van der Waals surface area contributed by atoms with E-state index in [-0.39, 0.29) is 23.1 Å². The number of ether oxygens (including phenoxy) is 1. The predicted octanol–water partition coefficient (Wildman–Crippen LogP) is 3.93. The van der Waals surface area contributed by atoms with Crippen molar-refractivity contribution in [2.45, 2.75) is 42.6 Å². The molecule has 1 unspecified atom stereocenters. The number of fused-ring (bicyclic) bond motifs is 1. The molecule has 160 valence electrons. The number of methoxy groups -OCH3 is 1. The Morgan fingerprint density at radius 1 is 1.16 bits per heavy atom. The fourth-order valence-electron chi connectivity index (χ4n) is 3.30.